The van der Waals surface area contributed by atoms with Gasteiger partial charge in [-0.3, -0.25) is 14.4 Å². The molecule has 0 bridgehead atoms. The van der Waals surface area contributed by atoms with Crippen molar-refractivity contribution in [2.75, 3.05) is 13.2 Å². The molecular weight excluding hydrogens is 380 g/mol. The predicted octanol–water partition coefficient (Wildman–Crippen LogP) is -0.947. The number of nitrogens with one attached hydrogen (secondary N) is 2. The molecule has 1 aliphatic heterocycles. The number of aliphatic hydroxyl groups is 1. The van der Waals surface area contributed by atoms with Crippen LogP contribution in [0.2, 0.25) is 0 Å². The standard InChI is InChI=1S/C19H34N4O6/c1-5-11(4)15(18(27)23-8-6-7-13(23)19(28)29)22-16(25)12(9-24)21-17(26)14(20)10(2)3/h10-15,24H,5-9,20H2,1-4H3,(H,21,26)(H,22,25)(H,28,29). The summed E-state index contributed by atoms with van der Waals surface area (Å²) in [7, 11) is 0. The number of amides is 3. The van der Waals surface area contributed by atoms with Crippen LogP contribution in [0, 0.1) is 11.8 Å². The highest BCUT2D eigenvalue weighted by molar-refractivity contribution is 5.94. The van der Waals surface area contributed by atoms with Crippen LogP contribution >= 0.6 is 0 Å². The molecule has 0 aromatic heterocycles. The molecule has 166 valence electrons. The van der Waals surface area contributed by atoms with Gasteiger partial charge in [-0.15, -0.1) is 0 Å². The van der Waals surface area contributed by atoms with Crippen LogP contribution in [-0.4, -0.2) is 76.1 Å². The Bertz CT molecular complexity index is 612. The topological polar surface area (TPSA) is 162 Å². The molecule has 5 unspecified atom stereocenters. The third-order valence-electron chi connectivity index (χ3n) is 5.43. The highest BCUT2D eigenvalue weighted by Crippen LogP contribution is 2.21. The van der Waals surface area contributed by atoms with Gasteiger partial charge in [-0.1, -0.05) is 34.1 Å². The van der Waals surface area contributed by atoms with Gasteiger partial charge in [0.2, 0.25) is 17.7 Å². The van der Waals surface area contributed by atoms with Gasteiger partial charge in [0.15, 0.2) is 0 Å². The zero-order valence-electron chi connectivity index (χ0n) is 17.6. The summed E-state index contributed by atoms with van der Waals surface area (Å²) in [6.45, 7) is 6.78. The quantitative estimate of drug-likeness (QED) is 0.308. The van der Waals surface area contributed by atoms with E-state index in [1.54, 1.807) is 20.8 Å². The minimum atomic E-state index is -1.26. The Labute approximate surface area is 171 Å². The molecule has 10 heteroatoms. The first-order valence-electron chi connectivity index (χ1n) is 10.1. The summed E-state index contributed by atoms with van der Waals surface area (Å²) in [5.74, 6) is -3.27. The third-order valence-corrected chi connectivity index (χ3v) is 5.43. The van der Waals surface area contributed by atoms with Gasteiger partial charge in [0.25, 0.3) is 0 Å². The third kappa shape index (κ3) is 6.40. The summed E-state index contributed by atoms with van der Waals surface area (Å²) in [6.07, 6.45) is 1.51. The van der Waals surface area contributed by atoms with E-state index in [9.17, 15) is 29.4 Å². The van der Waals surface area contributed by atoms with E-state index in [0.29, 0.717) is 25.8 Å². The average Bonchev–Trinajstić information content (AvgIpc) is 3.18. The van der Waals surface area contributed by atoms with Crippen LogP contribution in [0.3, 0.4) is 0 Å². The number of carbonyl (C=O) groups is 4. The number of nitrogens with zero attached hydrogens (tertiary/aromatic N) is 1. The number of carboxylic acid groups (broad SMARTS) is 1. The van der Waals surface area contributed by atoms with E-state index < -0.39 is 54.5 Å². The number of hydrogen-bond donors (Lipinski definition) is 5. The first-order valence-corrected chi connectivity index (χ1v) is 10.1. The van der Waals surface area contributed by atoms with Crippen molar-refractivity contribution < 1.29 is 29.4 Å². The van der Waals surface area contributed by atoms with Crippen molar-refractivity contribution in [3.63, 3.8) is 0 Å². The Morgan fingerprint density at radius 3 is 2.24 bits per heavy atom. The van der Waals surface area contributed by atoms with Crippen molar-refractivity contribution in [2.24, 2.45) is 17.6 Å². The number of aliphatic carboxylic acids is 1. The van der Waals surface area contributed by atoms with Gasteiger partial charge in [-0.2, -0.15) is 0 Å². The molecule has 1 saturated heterocycles. The Balaban J connectivity index is 2.93. The maximum Gasteiger partial charge on any atom is 0.326 e. The molecular formula is C19H34N4O6. The van der Waals surface area contributed by atoms with Crippen molar-refractivity contribution >= 4 is 23.7 Å². The second-order valence-electron chi connectivity index (χ2n) is 7.91. The molecule has 0 aliphatic carbocycles. The fraction of sp³-hybridized carbons (Fsp3) is 0.789. The monoisotopic (exact) mass is 414 g/mol. The van der Waals surface area contributed by atoms with Crippen molar-refractivity contribution in [3.8, 4) is 0 Å². The van der Waals surface area contributed by atoms with E-state index in [1.807, 2.05) is 6.92 Å². The molecule has 1 heterocycles. The number of rotatable bonds is 10. The number of likely N-dealkylation sites (tertiary alicyclic amines) is 1. The van der Waals surface area contributed by atoms with E-state index in [-0.39, 0.29) is 11.8 Å². The zero-order chi connectivity index (χ0) is 22.3. The van der Waals surface area contributed by atoms with E-state index in [1.165, 1.54) is 4.90 Å². The lowest BCUT2D eigenvalue weighted by Gasteiger charge is -2.31. The van der Waals surface area contributed by atoms with Crippen molar-refractivity contribution in [3.05, 3.63) is 0 Å². The number of nitrogens with two attached hydrogens (primary N) is 1. The molecule has 1 aliphatic rings. The van der Waals surface area contributed by atoms with Gasteiger partial charge in [0.05, 0.1) is 12.6 Å². The highest BCUT2D eigenvalue weighted by atomic mass is 16.4. The molecule has 0 radical (unpaired) electrons. The fourth-order valence-corrected chi connectivity index (χ4v) is 3.17. The van der Waals surface area contributed by atoms with Gasteiger partial charge in [-0.05, 0) is 24.7 Å². The molecule has 6 N–H and O–H groups in total. The number of hydrogen-bond acceptors (Lipinski definition) is 6. The zero-order valence-corrected chi connectivity index (χ0v) is 17.6. The van der Waals surface area contributed by atoms with Crippen LogP contribution in [0.5, 0.6) is 0 Å². The van der Waals surface area contributed by atoms with Crippen molar-refractivity contribution in [2.45, 2.75) is 71.1 Å². The highest BCUT2D eigenvalue weighted by Gasteiger charge is 2.39. The molecule has 1 fully saturated rings. The van der Waals surface area contributed by atoms with Gasteiger partial charge < -0.3 is 31.5 Å². The van der Waals surface area contributed by atoms with Crippen LogP contribution in [0.15, 0.2) is 0 Å². The van der Waals surface area contributed by atoms with Crippen molar-refractivity contribution in [1.29, 1.82) is 0 Å². The maximum atomic E-state index is 13.0. The van der Waals surface area contributed by atoms with E-state index in [0.717, 1.165) is 0 Å². The Hall–Kier alpha value is -2.20. The second kappa shape index (κ2) is 11.1. The lowest BCUT2D eigenvalue weighted by molar-refractivity contribution is -0.150. The number of carbonyl (C=O) groups excluding carboxylic acids is 3. The summed E-state index contributed by atoms with van der Waals surface area (Å²) in [4.78, 5) is 50.5. The Morgan fingerprint density at radius 2 is 1.76 bits per heavy atom. The molecule has 3 amide bonds. The van der Waals surface area contributed by atoms with Crippen LogP contribution in [0.25, 0.3) is 0 Å². The van der Waals surface area contributed by atoms with Gasteiger partial charge in [0.1, 0.15) is 18.1 Å². The molecule has 0 aromatic carbocycles. The Morgan fingerprint density at radius 1 is 1.14 bits per heavy atom. The number of aliphatic hydroxyl groups excluding tert-OH is 1. The molecule has 0 aromatic rings. The molecule has 29 heavy (non-hydrogen) atoms. The van der Waals surface area contributed by atoms with Crippen LogP contribution in [0.4, 0.5) is 0 Å². The first-order chi connectivity index (χ1) is 13.5. The van der Waals surface area contributed by atoms with Crippen LogP contribution in [0.1, 0.15) is 47.0 Å². The predicted molar refractivity (Wildman–Crippen MR) is 106 cm³/mol. The van der Waals surface area contributed by atoms with E-state index in [2.05, 4.69) is 10.6 Å². The smallest absolute Gasteiger partial charge is 0.326 e. The van der Waals surface area contributed by atoms with Crippen LogP contribution < -0.4 is 16.4 Å². The maximum absolute atomic E-state index is 13.0. The van der Waals surface area contributed by atoms with Crippen molar-refractivity contribution in [1.82, 2.24) is 15.5 Å². The summed E-state index contributed by atoms with van der Waals surface area (Å²) in [6, 6.07) is -3.98. The summed E-state index contributed by atoms with van der Waals surface area (Å²) < 4.78 is 0. The number of carboxylic acids is 1. The second-order valence-corrected chi connectivity index (χ2v) is 7.91. The van der Waals surface area contributed by atoms with E-state index >= 15 is 0 Å². The summed E-state index contributed by atoms with van der Waals surface area (Å²) >= 11 is 0. The minimum absolute atomic E-state index is 0.157. The lowest BCUT2D eigenvalue weighted by Crippen LogP contribution is -2.59. The summed E-state index contributed by atoms with van der Waals surface area (Å²) in [5.41, 5.74) is 5.77. The molecule has 1 rings (SSSR count). The Kier molecular flexibility index (Phi) is 9.51. The minimum Gasteiger partial charge on any atom is -0.480 e. The average molecular weight is 415 g/mol. The van der Waals surface area contributed by atoms with Gasteiger partial charge in [0, 0.05) is 6.54 Å². The van der Waals surface area contributed by atoms with E-state index in [4.69, 9.17) is 5.73 Å². The normalized spacial score (nSPS) is 20.7. The summed E-state index contributed by atoms with van der Waals surface area (Å²) in [5, 5.41) is 23.9. The van der Waals surface area contributed by atoms with Gasteiger partial charge >= 0.3 is 5.97 Å². The molecule has 0 spiro atoms. The SMILES string of the molecule is CCC(C)C(NC(=O)C(CO)NC(=O)C(N)C(C)C)C(=O)N1CCCC1C(=O)O. The van der Waals surface area contributed by atoms with Crippen LogP contribution in [-0.2, 0) is 19.2 Å². The van der Waals surface area contributed by atoms with Gasteiger partial charge in [-0.25, -0.2) is 4.79 Å². The molecule has 10 nitrogen and oxygen atoms in total. The molecule has 0 saturated carbocycles. The molecule has 5 atom stereocenters. The lowest BCUT2D eigenvalue weighted by atomic mass is 9.97. The fourth-order valence-electron chi connectivity index (χ4n) is 3.17. The first kappa shape index (κ1) is 24.8. The largest absolute Gasteiger partial charge is 0.480 e.